The maximum atomic E-state index is 11.9. The van der Waals surface area contributed by atoms with Crippen LogP contribution in [0.25, 0.3) is 10.9 Å². The van der Waals surface area contributed by atoms with Gasteiger partial charge in [0.25, 0.3) is 11.5 Å². The van der Waals surface area contributed by atoms with Gasteiger partial charge in [-0.05, 0) is 29.7 Å². The van der Waals surface area contributed by atoms with E-state index in [9.17, 15) is 9.59 Å². The highest BCUT2D eigenvalue weighted by molar-refractivity contribution is 5.95. The van der Waals surface area contributed by atoms with Gasteiger partial charge in [-0.25, -0.2) is 5.43 Å². The number of nitrogens with zero attached hydrogens (tertiary/aromatic N) is 1. The Balaban J connectivity index is 1.80. The number of para-hydroxylation sites is 1. The first-order chi connectivity index (χ1) is 10.7. The maximum absolute atomic E-state index is 11.9. The van der Waals surface area contributed by atoms with Crippen LogP contribution in [0, 0.1) is 0 Å². The summed E-state index contributed by atoms with van der Waals surface area (Å²) < 4.78 is 0. The Morgan fingerprint density at radius 3 is 2.59 bits per heavy atom. The molecule has 1 amide bonds. The molecule has 2 aromatic carbocycles. The van der Waals surface area contributed by atoms with Crippen LogP contribution in [0.3, 0.4) is 0 Å². The zero-order valence-corrected chi connectivity index (χ0v) is 11.6. The van der Waals surface area contributed by atoms with Gasteiger partial charge >= 0.3 is 0 Å². The molecule has 0 saturated heterocycles. The van der Waals surface area contributed by atoms with Crippen LogP contribution in [0.1, 0.15) is 15.9 Å². The molecule has 0 atom stereocenters. The zero-order chi connectivity index (χ0) is 15.4. The Labute approximate surface area is 126 Å². The molecule has 0 aliphatic heterocycles. The molecule has 1 heterocycles. The van der Waals surface area contributed by atoms with Crippen molar-refractivity contribution in [3.63, 3.8) is 0 Å². The van der Waals surface area contributed by atoms with Gasteiger partial charge in [0, 0.05) is 11.1 Å². The lowest BCUT2D eigenvalue weighted by atomic mass is 10.2. The second-order valence-electron chi connectivity index (χ2n) is 4.71. The van der Waals surface area contributed by atoms with Crippen LogP contribution in [0.4, 0.5) is 0 Å². The molecule has 0 aliphatic rings. The highest BCUT2D eigenvalue weighted by Gasteiger charge is 2.03. The summed E-state index contributed by atoms with van der Waals surface area (Å²) in [6.45, 7) is 0. The van der Waals surface area contributed by atoms with Crippen molar-refractivity contribution < 1.29 is 4.79 Å². The Morgan fingerprint density at radius 2 is 1.77 bits per heavy atom. The van der Waals surface area contributed by atoms with Crippen molar-refractivity contribution in [3.05, 3.63) is 82.1 Å². The number of amides is 1. The number of carbonyl (C=O) groups excluding carboxylic acids is 1. The van der Waals surface area contributed by atoms with E-state index in [1.165, 1.54) is 6.21 Å². The Kier molecular flexibility index (Phi) is 3.78. The highest BCUT2D eigenvalue weighted by Crippen LogP contribution is 2.08. The van der Waals surface area contributed by atoms with E-state index in [0.717, 1.165) is 10.9 Å². The molecule has 0 spiro atoms. The van der Waals surface area contributed by atoms with Crippen LogP contribution in [0.5, 0.6) is 0 Å². The first-order valence-corrected chi connectivity index (χ1v) is 6.74. The topological polar surface area (TPSA) is 74.3 Å². The van der Waals surface area contributed by atoms with Crippen LogP contribution in [0.15, 0.2) is 70.6 Å². The van der Waals surface area contributed by atoms with Gasteiger partial charge in [0.15, 0.2) is 0 Å². The van der Waals surface area contributed by atoms with E-state index in [1.807, 2.05) is 30.3 Å². The average molecular weight is 291 g/mol. The summed E-state index contributed by atoms with van der Waals surface area (Å²) in [7, 11) is 0. The molecule has 0 fully saturated rings. The number of aromatic nitrogens is 1. The number of hydrazone groups is 1. The predicted molar refractivity (Wildman–Crippen MR) is 86.1 cm³/mol. The normalized spacial score (nSPS) is 10.9. The van der Waals surface area contributed by atoms with Crippen LogP contribution >= 0.6 is 0 Å². The van der Waals surface area contributed by atoms with E-state index in [1.54, 1.807) is 30.3 Å². The molecule has 0 radical (unpaired) electrons. The molecule has 1 aromatic heterocycles. The van der Waals surface area contributed by atoms with Crippen molar-refractivity contribution in [1.82, 2.24) is 10.4 Å². The number of H-pyrrole nitrogens is 1. The third kappa shape index (κ3) is 2.93. The lowest BCUT2D eigenvalue weighted by Crippen LogP contribution is -2.19. The van der Waals surface area contributed by atoms with Crippen LogP contribution < -0.4 is 11.0 Å². The average Bonchev–Trinajstić information content (AvgIpc) is 2.56. The van der Waals surface area contributed by atoms with E-state index in [-0.39, 0.29) is 11.5 Å². The van der Waals surface area contributed by atoms with Gasteiger partial charge in [0.1, 0.15) is 0 Å². The zero-order valence-electron chi connectivity index (χ0n) is 11.6. The van der Waals surface area contributed by atoms with Crippen molar-refractivity contribution in [1.29, 1.82) is 0 Å². The first-order valence-electron chi connectivity index (χ1n) is 6.74. The van der Waals surface area contributed by atoms with Gasteiger partial charge in [-0.1, -0.05) is 36.4 Å². The van der Waals surface area contributed by atoms with Gasteiger partial charge in [-0.15, -0.1) is 0 Å². The lowest BCUT2D eigenvalue weighted by Gasteiger charge is -2.00. The molecule has 0 saturated carbocycles. The van der Waals surface area contributed by atoms with Crippen LogP contribution in [-0.2, 0) is 0 Å². The second kappa shape index (κ2) is 6.05. The largest absolute Gasteiger partial charge is 0.321 e. The standard InChI is InChI=1S/C17H13N3O2/c21-16-14(10-13-8-4-5-9-15(13)19-16)11-18-20-17(22)12-6-2-1-3-7-12/h1-11H,(H,19,21)(H,20,22). The molecule has 22 heavy (non-hydrogen) atoms. The molecule has 3 aromatic rings. The first kappa shape index (κ1) is 13.8. The maximum Gasteiger partial charge on any atom is 0.271 e. The van der Waals surface area contributed by atoms with Crippen LogP contribution in [-0.4, -0.2) is 17.1 Å². The predicted octanol–water partition coefficient (Wildman–Crippen LogP) is 2.29. The van der Waals surface area contributed by atoms with Crippen molar-refractivity contribution in [2.24, 2.45) is 5.10 Å². The van der Waals surface area contributed by atoms with Crippen molar-refractivity contribution in [2.75, 3.05) is 0 Å². The lowest BCUT2D eigenvalue weighted by molar-refractivity contribution is 0.0955. The summed E-state index contributed by atoms with van der Waals surface area (Å²) in [5.41, 5.74) is 3.80. The fraction of sp³-hybridized carbons (Fsp3) is 0. The summed E-state index contributed by atoms with van der Waals surface area (Å²) in [6.07, 6.45) is 1.34. The minimum absolute atomic E-state index is 0.253. The van der Waals surface area contributed by atoms with Crippen molar-refractivity contribution >= 4 is 23.0 Å². The van der Waals surface area contributed by atoms with Crippen molar-refractivity contribution in [3.8, 4) is 0 Å². The van der Waals surface area contributed by atoms with E-state index in [4.69, 9.17) is 0 Å². The van der Waals surface area contributed by atoms with Gasteiger partial charge in [-0.2, -0.15) is 5.10 Å². The number of fused-ring (bicyclic) bond motifs is 1. The Bertz CT molecular complexity index is 898. The summed E-state index contributed by atoms with van der Waals surface area (Å²) >= 11 is 0. The molecular weight excluding hydrogens is 278 g/mol. The van der Waals surface area contributed by atoms with Gasteiger partial charge in [-0.3, -0.25) is 9.59 Å². The molecule has 5 heteroatoms. The number of nitrogens with one attached hydrogen (secondary N) is 2. The summed E-state index contributed by atoms with van der Waals surface area (Å²) in [6, 6.07) is 17.9. The summed E-state index contributed by atoms with van der Waals surface area (Å²) in [5, 5.41) is 4.74. The molecule has 0 unspecified atom stereocenters. The molecule has 0 bridgehead atoms. The van der Waals surface area contributed by atoms with E-state index in [2.05, 4.69) is 15.5 Å². The minimum atomic E-state index is -0.325. The number of benzene rings is 2. The minimum Gasteiger partial charge on any atom is -0.321 e. The van der Waals surface area contributed by atoms with E-state index >= 15 is 0 Å². The third-order valence-electron chi connectivity index (χ3n) is 3.19. The molecule has 0 aliphatic carbocycles. The van der Waals surface area contributed by atoms with Gasteiger partial charge in [0.05, 0.1) is 11.8 Å². The number of aromatic amines is 1. The number of rotatable bonds is 3. The molecule has 3 rings (SSSR count). The summed E-state index contributed by atoms with van der Waals surface area (Å²) in [4.78, 5) is 26.5. The van der Waals surface area contributed by atoms with E-state index < -0.39 is 0 Å². The van der Waals surface area contributed by atoms with Gasteiger partial charge < -0.3 is 4.98 Å². The smallest absolute Gasteiger partial charge is 0.271 e. The Hall–Kier alpha value is -3.21. The number of pyridine rings is 1. The fourth-order valence-corrected chi connectivity index (χ4v) is 2.07. The molecule has 2 N–H and O–H groups in total. The molecular formula is C17H13N3O2. The third-order valence-corrected chi connectivity index (χ3v) is 3.19. The highest BCUT2D eigenvalue weighted by atomic mass is 16.2. The van der Waals surface area contributed by atoms with Crippen LogP contribution in [0.2, 0.25) is 0 Å². The number of carbonyl (C=O) groups is 1. The molecule has 5 nitrogen and oxygen atoms in total. The SMILES string of the molecule is O=C(NN=Cc1cc2ccccc2[nH]c1=O)c1ccccc1. The monoisotopic (exact) mass is 291 g/mol. The molecule has 108 valence electrons. The number of hydrogen-bond donors (Lipinski definition) is 2. The second-order valence-corrected chi connectivity index (χ2v) is 4.71. The number of hydrogen-bond acceptors (Lipinski definition) is 3. The van der Waals surface area contributed by atoms with E-state index in [0.29, 0.717) is 11.1 Å². The summed E-state index contributed by atoms with van der Waals surface area (Å²) in [5.74, 6) is -0.325. The quantitative estimate of drug-likeness (QED) is 0.574. The van der Waals surface area contributed by atoms with Crippen molar-refractivity contribution in [2.45, 2.75) is 0 Å². The van der Waals surface area contributed by atoms with Gasteiger partial charge in [0.2, 0.25) is 0 Å². The Morgan fingerprint density at radius 1 is 1.05 bits per heavy atom. The fourth-order valence-electron chi connectivity index (χ4n) is 2.07.